The Labute approximate surface area is 168 Å². The second-order valence-electron chi connectivity index (χ2n) is 6.63. The highest BCUT2D eigenvalue weighted by Gasteiger charge is 2.42. The predicted molar refractivity (Wildman–Crippen MR) is 105 cm³/mol. The van der Waals surface area contributed by atoms with Gasteiger partial charge in [0, 0.05) is 18.9 Å². The molecule has 0 saturated carbocycles. The van der Waals surface area contributed by atoms with Crippen molar-refractivity contribution >= 4 is 28.8 Å². The third kappa shape index (κ3) is 3.77. The van der Waals surface area contributed by atoms with E-state index < -0.39 is 12.0 Å². The number of fused-ring (bicyclic) bond motifs is 3. The second-order valence-corrected chi connectivity index (χ2v) is 6.63. The van der Waals surface area contributed by atoms with Gasteiger partial charge in [0.25, 0.3) is 0 Å². The molecular formula is C20H25N3O6. The van der Waals surface area contributed by atoms with Crippen LogP contribution in [0.15, 0.2) is 18.2 Å². The smallest absolute Gasteiger partial charge is 0.353 e. The number of hydrogen-bond donors (Lipinski definition) is 1. The fraction of sp³-hybridized carbons (Fsp3) is 0.450. The van der Waals surface area contributed by atoms with Gasteiger partial charge in [-0.25, -0.2) is 4.79 Å². The Morgan fingerprint density at radius 1 is 1.24 bits per heavy atom. The lowest BCUT2D eigenvalue weighted by Gasteiger charge is -2.21. The summed E-state index contributed by atoms with van der Waals surface area (Å²) in [5.41, 5.74) is 2.21. The molecule has 1 atom stereocenters. The van der Waals surface area contributed by atoms with Crippen molar-refractivity contribution in [2.75, 3.05) is 27.4 Å². The first-order valence-corrected chi connectivity index (χ1v) is 9.41. The van der Waals surface area contributed by atoms with E-state index in [1.165, 1.54) is 19.1 Å². The zero-order valence-corrected chi connectivity index (χ0v) is 17.0. The quantitative estimate of drug-likeness (QED) is 0.678. The van der Waals surface area contributed by atoms with Gasteiger partial charge in [-0.3, -0.25) is 19.0 Å². The summed E-state index contributed by atoms with van der Waals surface area (Å²) in [6, 6.07) is 4.43. The molecule has 1 unspecified atom stereocenters. The van der Waals surface area contributed by atoms with Crippen LogP contribution in [0.2, 0.25) is 0 Å². The molecule has 156 valence electrons. The summed E-state index contributed by atoms with van der Waals surface area (Å²) in [5.74, 6) is 0.0948. The van der Waals surface area contributed by atoms with Gasteiger partial charge in [-0.1, -0.05) is 0 Å². The van der Waals surface area contributed by atoms with Gasteiger partial charge in [0.15, 0.2) is 0 Å². The molecule has 0 aliphatic carbocycles. The Hall–Kier alpha value is -3.07. The number of ether oxygens (including phenoxy) is 2. The molecule has 29 heavy (non-hydrogen) atoms. The number of nitrogens with zero attached hydrogens (tertiary/aromatic N) is 2. The standard InChI is InChI=1S/C20H25N3O6/c1-5-29-18(25)11-17-19-14(8-9-21-12(2)24)15-10-13(27-3)6-7-16(15)22(19)20(26)23(17)28-4/h6-7,10,17H,5,8-9,11H2,1-4H3,(H,21,24). The molecule has 2 aromatic rings. The zero-order chi connectivity index (χ0) is 21.1. The van der Waals surface area contributed by atoms with Crippen molar-refractivity contribution in [2.45, 2.75) is 32.7 Å². The molecule has 2 heterocycles. The number of methoxy groups -OCH3 is 1. The number of carbonyl (C=O) groups excluding carboxylic acids is 3. The zero-order valence-electron chi connectivity index (χ0n) is 17.0. The van der Waals surface area contributed by atoms with E-state index >= 15 is 0 Å². The van der Waals surface area contributed by atoms with Crippen molar-refractivity contribution in [1.29, 1.82) is 0 Å². The Bertz CT molecular complexity index is 951. The van der Waals surface area contributed by atoms with Crippen LogP contribution in [0.5, 0.6) is 5.75 Å². The normalized spacial score (nSPS) is 15.5. The third-order valence-electron chi connectivity index (χ3n) is 4.91. The van der Waals surface area contributed by atoms with Gasteiger partial charge in [-0.2, -0.15) is 5.06 Å². The molecule has 0 saturated heterocycles. The van der Waals surface area contributed by atoms with Gasteiger partial charge in [0.2, 0.25) is 5.91 Å². The Morgan fingerprint density at radius 2 is 2.00 bits per heavy atom. The van der Waals surface area contributed by atoms with Crippen LogP contribution < -0.4 is 10.1 Å². The number of amides is 2. The molecule has 0 spiro atoms. The molecule has 1 aromatic carbocycles. The third-order valence-corrected chi connectivity index (χ3v) is 4.91. The van der Waals surface area contributed by atoms with Gasteiger partial charge >= 0.3 is 12.0 Å². The number of carbonyl (C=O) groups is 3. The minimum absolute atomic E-state index is 0.0337. The van der Waals surface area contributed by atoms with Gasteiger partial charge in [-0.05, 0) is 37.1 Å². The average molecular weight is 403 g/mol. The molecule has 9 nitrogen and oxygen atoms in total. The van der Waals surface area contributed by atoms with Crippen LogP contribution in [-0.2, 0) is 25.6 Å². The maximum Gasteiger partial charge on any atom is 0.353 e. The molecule has 1 aromatic heterocycles. The predicted octanol–water partition coefficient (Wildman–Crippen LogP) is 2.17. The number of hydrogen-bond acceptors (Lipinski definition) is 6. The minimum atomic E-state index is -0.628. The molecule has 0 fully saturated rings. The molecule has 1 aliphatic heterocycles. The van der Waals surface area contributed by atoms with Gasteiger partial charge in [-0.15, -0.1) is 0 Å². The Morgan fingerprint density at radius 3 is 2.62 bits per heavy atom. The molecule has 0 bridgehead atoms. The highest BCUT2D eigenvalue weighted by atomic mass is 16.7. The van der Waals surface area contributed by atoms with E-state index in [2.05, 4.69) is 5.32 Å². The average Bonchev–Trinajstić information content (AvgIpc) is 3.14. The van der Waals surface area contributed by atoms with Crippen LogP contribution in [-0.4, -0.2) is 54.9 Å². The minimum Gasteiger partial charge on any atom is -0.497 e. The summed E-state index contributed by atoms with van der Waals surface area (Å²) in [5, 5.41) is 4.81. The van der Waals surface area contributed by atoms with E-state index in [1.54, 1.807) is 30.7 Å². The first kappa shape index (κ1) is 20.7. The lowest BCUT2D eigenvalue weighted by atomic mass is 10.0. The maximum absolute atomic E-state index is 13.1. The van der Waals surface area contributed by atoms with Crippen LogP contribution in [0.1, 0.15) is 37.6 Å². The number of benzene rings is 1. The van der Waals surface area contributed by atoms with Crippen molar-refractivity contribution in [3.63, 3.8) is 0 Å². The Balaban J connectivity index is 2.14. The fourth-order valence-corrected chi connectivity index (χ4v) is 3.77. The van der Waals surface area contributed by atoms with Crippen LogP contribution in [0.25, 0.3) is 10.9 Å². The number of rotatable bonds is 8. The number of hydroxylamine groups is 2. The molecule has 3 rings (SSSR count). The summed E-state index contributed by atoms with van der Waals surface area (Å²) in [6.45, 7) is 3.83. The van der Waals surface area contributed by atoms with E-state index in [0.29, 0.717) is 29.9 Å². The fourth-order valence-electron chi connectivity index (χ4n) is 3.77. The summed E-state index contributed by atoms with van der Waals surface area (Å²) in [4.78, 5) is 41.9. The van der Waals surface area contributed by atoms with E-state index in [9.17, 15) is 14.4 Å². The van der Waals surface area contributed by atoms with E-state index in [4.69, 9.17) is 14.3 Å². The van der Waals surface area contributed by atoms with Crippen LogP contribution in [0.4, 0.5) is 4.79 Å². The van der Waals surface area contributed by atoms with Crippen molar-refractivity contribution in [2.24, 2.45) is 0 Å². The maximum atomic E-state index is 13.1. The second kappa shape index (κ2) is 8.52. The topological polar surface area (TPSA) is 99.1 Å². The van der Waals surface area contributed by atoms with E-state index in [0.717, 1.165) is 10.9 Å². The number of aromatic nitrogens is 1. The molecule has 1 aliphatic rings. The summed E-state index contributed by atoms with van der Waals surface area (Å²) in [6.07, 6.45) is 0.448. The highest BCUT2D eigenvalue weighted by molar-refractivity contribution is 5.98. The van der Waals surface area contributed by atoms with Crippen molar-refractivity contribution in [1.82, 2.24) is 14.9 Å². The lowest BCUT2D eigenvalue weighted by Crippen LogP contribution is -2.30. The highest BCUT2D eigenvalue weighted by Crippen LogP contribution is 2.41. The summed E-state index contributed by atoms with van der Waals surface area (Å²) in [7, 11) is 2.97. The van der Waals surface area contributed by atoms with Gasteiger partial charge in [0.05, 0.1) is 38.5 Å². The SMILES string of the molecule is CCOC(=O)CC1c2c(CCNC(C)=O)c3cc(OC)ccc3n2C(=O)N1OC. The lowest BCUT2D eigenvalue weighted by molar-refractivity contribution is -0.151. The summed E-state index contributed by atoms with van der Waals surface area (Å²) >= 11 is 0. The van der Waals surface area contributed by atoms with E-state index in [1.807, 2.05) is 6.07 Å². The van der Waals surface area contributed by atoms with Crippen LogP contribution >= 0.6 is 0 Å². The van der Waals surface area contributed by atoms with E-state index in [-0.39, 0.29) is 25.0 Å². The molecule has 9 heteroatoms. The number of esters is 1. The molecule has 1 N–H and O–H groups in total. The van der Waals surface area contributed by atoms with Crippen molar-refractivity contribution < 1.29 is 28.7 Å². The Kier molecular flexibility index (Phi) is 6.07. The largest absolute Gasteiger partial charge is 0.497 e. The molecular weight excluding hydrogens is 378 g/mol. The number of nitrogens with one attached hydrogen (secondary N) is 1. The van der Waals surface area contributed by atoms with Gasteiger partial charge < -0.3 is 14.8 Å². The van der Waals surface area contributed by atoms with Crippen molar-refractivity contribution in [3.8, 4) is 5.75 Å². The van der Waals surface area contributed by atoms with Crippen molar-refractivity contribution in [3.05, 3.63) is 29.5 Å². The summed E-state index contributed by atoms with van der Waals surface area (Å²) < 4.78 is 12.0. The first-order chi connectivity index (χ1) is 13.9. The monoisotopic (exact) mass is 403 g/mol. The van der Waals surface area contributed by atoms with Crippen LogP contribution in [0.3, 0.4) is 0 Å². The van der Waals surface area contributed by atoms with Gasteiger partial charge in [0.1, 0.15) is 11.8 Å². The first-order valence-electron chi connectivity index (χ1n) is 9.41. The van der Waals surface area contributed by atoms with Crippen LogP contribution in [0, 0.1) is 0 Å². The molecule has 2 amide bonds. The molecule has 0 radical (unpaired) electrons.